The molecule has 2 fully saturated rings. The number of nitrogens with zero attached hydrogens (tertiary/aromatic N) is 3. The largest absolute Gasteiger partial charge is 0.394 e. The van der Waals surface area contributed by atoms with E-state index in [-0.39, 0.29) is 18.5 Å². The third kappa shape index (κ3) is 9.06. The number of carbonyl (C=O) groups is 2. The average molecular weight is 727 g/mol. The molecule has 0 spiro atoms. The van der Waals surface area contributed by atoms with Crippen LogP contribution in [-0.2, 0) is 17.8 Å². The number of aliphatic hydroxyl groups is 5. The number of rotatable bonds is 15. The minimum Gasteiger partial charge on any atom is -0.394 e. The van der Waals surface area contributed by atoms with Crippen LogP contribution < -0.4 is 20.4 Å². The monoisotopic (exact) mass is 725 g/mol. The van der Waals surface area contributed by atoms with E-state index in [1.54, 1.807) is 11.8 Å². The van der Waals surface area contributed by atoms with Crippen LogP contribution in [0.1, 0.15) is 36.8 Å². The van der Waals surface area contributed by atoms with Crippen molar-refractivity contribution in [2.75, 3.05) is 54.2 Å². The maximum Gasteiger partial charge on any atom is 0.314 e. The minimum atomic E-state index is -1.76. The number of para-hydroxylation sites is 2. The molecule has 2 aliphatic heterocycles. The van der Waals surface area contributed by atoms with Gasteiger partial charge in [-0.3, -0.25) is 9.69 Å². The summed E-state index contributed by atoms with van der Waals surface area (Å²) in [5.41, 5.74) is 3.90. The molecule has 264 valence electrons. The molecule has 2 heterocycles. The number of halogens is 2. The number of anilines is 2. The van der Waals surface area contributed by atoms with Crippen molar-refractivity contribution >= 4 is 58.3 Å². The quantitative estimate of drug-likeness (QED) is 0.135. The first-order chi connectivity index (χ1) is 23.1. The highest BCUT2D eigenvalue weighted by Crippen LogP contribution is 2.41. The highest BCUT2D eigenvalue weighted by atomic mass is 35.5. The molecule has 5 atom stereocenters. The van der Waals surface area contributed by atoms with E-state index in [1.807, 2.05) is 29.2 Å². The first kappa shape index (κ1) is 36.9. The normalized spacial score (nSPS) is 20.6. The van der Waals surface area contributed by atoms with Gasteiger partial charge in [-0.1, -0.05) is 35.3 Å². The average Bonchev–Trinajstić information content (AvgIpc) is 3.84. The molecule has 2 aromatic carbocycles. The zero-order valence-electron chi connectivity index (χ0n) is 26.7. The van der Waals surface area contributed by atoms with Gasteiger partial charge in [0, 0.05) is 60.4 Å². The highest BCUT2D eigenvalue weighted by Gasteiger charge is 2.40. The Labute approximate surface area is 295 Å². The van der Waals surface area contributed by atoms with Gasteiger partial charge in [-0.25, -0.2) is 4.79 Å². The Morgan fingerprint density at radius 2 is 1.60 bits per heavy atom. The Morgan fingerprint density at radius 1 is 0.917 bits per heavy atom. The Hall–Kier alpha value is -2.33. The van der Waals surface area contributed by atoms with E-state index in [4.69, 9.17) is 28.3 Å². The topological polar surface area (TPSA) is 169 Å². The lowest BCUT2D eigenvalue weighted by molar-refractivity contribution is -0.122. The number of unbranched alkanes of at least 4 members (excludes halogenated alkanes) is 1. The molecule has 0 radical (unpaired) electrons. The van der Waals surface area contributed by atoms with Gasteiger partial charge >= 0.3 is 6.03 Å². The number of amides is 3. The van der Waals surface area contributed by atoms with E-state index >= 15 is 0 Å². The third-order valence-electron chi connectivity index (χ3n) is 9.10. The number of carbonyl (C=O) groups excluding carboxylic acids is 2. The summed E-state index contributed by atoms with van der Waals surface area (Å²) in [7, 11) is 0. The number of aliphatic hydroxyl groups excluding tert-OH is 5. The van der Waals surface area contributed by atoms with Crippen molar-refractivity contribution in [1.82, 2.24) is 15.5 Å². The predicted molar refractivity (Wildman–Crippen MR) is 188 cm³/mol. The maximum absolute atomic E-state index is 13.9. The third-order valence-corrected chi connectivity index (χ3v) is 10.9. The number of urea groups is 1. The second kappa shape index (κ2) is 17.1. The molecule has 12 nitrogen and oxygen atoms in total. The number of aryl methyl sites for hydroxylation is 1. The standard InChI is InChI=1S/C33H45Cl2N5O7S/c34-23-14-21(24(35)13-20(23)5-3-4-10-36-33(47)37-15-28(42)30(44)31(45)29(43)17-41)16-38-19-48-18-27(38)32(46)40-12-11-39(22-8-9-22)25-6-1-2-7-26(25)40/h1-2,6-7,13-14,22,27-31,41-45H,3-5,8-12,15-19H2,(H2,36,37,47)/t27-,28+,29-,30-,31-/m0/s1. The number of hydrogen-bond acceptors (Lipinski definition) is 10. The van der Waals surface area contributed by atoms with Crippen molar-refractivity contribution < 1.29 is 35.1 Å². The molecule has 3 aliphatic rings. The fourth-order valence-electron chi connectivity index (χ4n) is 6.17. The van der Waals surface area contributed by atoms with Crippen LogP contribution in [0.4, 0.5) is 16.2 Å². The Kier molecular flexibility index (Phi) is 13.1. The van der Waals surface area contributed by atoms with Crippen LogP contribution >= 0.6 is 35.0 Å². The molecule has 0 unspecified atom stereocenters. The van der Waals surface area contributed by atoms with E-state index in [9.17, 15) is 30.0 Å². The highest BCUT2D eigenvalue weighted by molar-refractivity contribution is 7.99. The zero-order valence-corrected chi connectivity index (χ0v) is 29.0. The van der Waals surface area contributed by atoms with E-state index < -0.39 is 37.1 Å². The summed E-state index contributed by atoms with van der Waals surface area (Å²) in [4.78, 5) is 32.6. The first-order valence-electron chi connectivity index (χ1n) is 16.4. The van der Waals surface area contributed by atoms with Crippen LogP contribution in [0, 0.1) is 0 Å². The molecule has 1 saturated heterocycles. The second-order valence-electron chi connectivity index (χ2n) is 12.6. The fourth-order valence-corrected chi connectivity index (χ4v) is 7.88. The SMILES string of the molecule is O=C(NCCCCc1cc(Cl)c(CN2CSC[C@H]2C(=O)N2CCN(C3CC3)c3ccccc32)cc1Cl)NC[C@@H](O)[C@H](O)[C@@H](O)[C@@H](O)CO. The van der Waals surface area contributed by atoms with Gasteiger partial charge in [0.2, 0.25) is 5.91 Å². The molecule has 1 aliphatic carbocycles. The summed E-state index contributed by atoms with van der Waals surface area (Å²) >= 11 is 15.2. The number of hydrogen-bond donors (Lipinski definition) is 7. The summed E-state index contributed by atoms with van der Waals surface area (Å²) in [5, 5.41) is 53.9. The van der Waals surface area contributed by atoms with Crippen LogP contribution in [0.15, 0.2) is 36.4 Å². The van der Waals surface area contributed by atoms with Crippen LogP contribution in [0.3, 0.4) is 0 Å². The molecule has 0 bridgehead atoms. The van der Waals surface area contributed by atoms with E-state index in [1.165, 1.54) is 12.8 Å². The predicted octanol–water partition coefficient (Wildman–Crippen LogP) is 1.94. The molecule has 5 rings (SSSR count). The van der Waals surface area contributed by atoms with Crippen molar-refractivity contribution in [2.24, 2.45) is 0 Å². The molecule has 3 amide bonds. The van der Waals surface area contributed by atoms with E-state index in [2.05, 4.69) is 32.6 Å². The Morgan fingerprint density at radius 3 is 2.33 bits per heavy atom. The van der Waals surface area contributed by atoms with Gasteiger partial charge in [-0.05, 0) is 67.5 Å². The van der Waals surface area contributed by atoms with Gasteiger partial charge in [0.1, 0.15) is 18.3 Å². The molecule has 15 heteroatoms. The lowest BCUT2D eigenvalue weighted by atomic mass is 10.0. The second-order valence-corrected chi connectivity index (χ2v) is 14.4. The molecule has 2 aromatic rings. The molecule has 0 aromatic heterocycles. The van der Waals surface area contributed by atoms with Crippen molar-refractivity contribution in [2.45, 2.75) is 75.1 Å². The van der Waals surface area contributed by atoms with Crippen molar-refractivity contribution in [3.8, 4) is 0 Å². The minimum absolute atomic E-state index is 0.120. The van der Waals surface area contributed by atoms with Crippen molar-refractivity contribution in [3.05, 3.63) is 57.6 Å². The van der Waals surface area contributed by atoms with Gasteiger partial charge in [-0.2, -0.15) is 0 Å². The summed E-state index contributed by atoms with van der Waals surface area (Å²) in [6.07, 6.45) is -2.23. The Balaban J connectivity index is 1.07. The van der Waals surface area contributed by atoms with Gasteiger partial charge in [0.25, 0.3) is 0 Å². The van der Waals surface area contributed by atoms with Gasteiger partial charge in [0.15, 0.2) is 0 Å². The van der Waals surface area contributed by atoms with Crippen molar-refractivity contribution in [1.29, 1.82) is 0 Å². The number of benzene rings is 2. The molecule has 1 saturated carbocycles. The number of nitrogens with one attached hydrogen (secondary N) is 2. The van der Waals surface area contributed by atoms with Crippen LogP contribution in [-0.4, -0.2) is 123 Å². The van der Waals surface area contributed by atoms with Crippen LogP contribution in [0.2, 0.25) is 10.0 Å². The first-order valence-corrected chi connectivity index (χ1v) is 18.3. The molecular formula is C33H45Cl2N5O7S. The number of fused-ring (bicyclic) bond motifs is 1. The summed E-state index contributed by atoms with van der Waals surface area (Å²) in [5.74, 6) is 1.57. The molecule has 7 N–H and O–H groups in total. The van der Waals surface area contributed by atoms with Crippen LogP contribution in [0.25, 0.3) is 0 Å². The van der Waals surface area contributed by atoms with Crippen LogP contribution in [0.5, 0.6) is 0 Å². The Bertz CT molecular complexity index is 1420. The lowest BCUT2D eigenvalue weighted by Gasteiger charge is -2.39. The van der Waals surface area contributed by atoms with E-state index in [0.29, 0.717) is 48.6 Å². The lowest BCUT2D eigenvalue weighted by Crippen LogP contribution is -2.52. The van der Waals surface area contributed by atoms with Gasteiger partial charge < -0.3 is 46.0 Å². The van der Waals surface area contributed by atoms with Gasteiger partial charge in [0.05, 0.1) is 30.1 Å². The smallest absolute Gasteiger partial charge is 0.314 e. The summed E-state index contributed by atoms with van der Waals surface area (Å²) < 4.78 is 0. The maximum atomic E-state index is 13.9. The van der Waals surface area contributed by atoms with Gasteiger partial charge in [-0.15, -0.1) is 11.8 Å². The fraction of sp³-hybridized carbons (Fsp3) is 0.576. The molecule has 48 heavy (non-hydrogen) atoms. The summed E-state index contributed by atoms with van der Waals surface area (Å²) in [6.45, 7) is 1.24. The zero-order chi connectivity index (χ0) is 34.4. The summed E-state index contributed by atoms with van der Waals surface area (Å²) in [6, 6.07) is 11.7. The molecular weight excluding hydrogens is 681 g/mol. The van der Waals surface area contributed by atoms with E-state index in [0.717, 1.165) is 47.1 Å². The van der Waals surface area contributed by atoms with Crippen molar-refractivity contribution in [3.63, 3.8) is 0 Å². The number of thioether (sulfide) groups is 1.